The van der Waals surface area contributed by atoms with E-state index in [0.717, 1.165) is 0 Å². The molecule has 1 aliphatic rings. The van der Waals surface area contributed by atoms with Crippen LogP contribution in [0.4, 0.5) is 0 Å². The number of likely N-dealkylation sites (tertiary alicyclic amines) is 1. The van der Waals surface area contributed by atoms with Gasteiger partial charge in [0.05, 0.1) is 0 Å². The number of carbonyl (C=O) groups excluding carboxylic acids is 1. The van der Waals surface area contributed by atoms with Gasteiger partial charge in [-0.25, -0.2) is 9.78 Å². The Morgan fingerprint density at radius 1 is 1.26 bits per heavy atom. The number of benzene rings is 1. The molecule has 0 N–H and O–H groups in total. The van der Waals surface area contributed by atoms with E-state index < -0.39 is 0 Å². The van der Waals surface area contributed by atoms with Gasteiger partial charge in [0, 0.05) is 31.4 Å². The molecule has 2 heterocycles. The summed E-state index contributed by atoms with van der Waals surface area (Å²) < 4.78 is 1.35. The van der Waals surface area contributed by atoms with Crippen LogP contribution in [0.5, 0.6) is 0 Å². The van der Waals surface area contributed by atoms with E-state index in [1.807, 2.05) is 23.1 Å². The molecule has 1 amide bonds. The average Bonchev–Trinajstić information content (AvgIpc) is 2.86. The van der Waals surface area contributed by atoms with E-state index in [4.69, 9.17) is 0 Å². The zero-order chi connectivity index (χ0) is 16.4. The van der Waals surface area contributed by atoms with Crippen molar-refractivity contribution in [3.63, 3.8) is 0 Å². The van der Waals surface area contributed by atoms with E-state index in [1.165, 1.54) is 16.3 Å². The predicted octanol–water partition coefficient (Wildman–Crippen LogP) is 1.90. The summed E-state index contributed by atoms with van der Waals surface area (Å²) >= 11 is 0. The van der Waals surface area contributed by atoms with Crippen LogP contribution in [-0.4, -0.2) is 33.4 Å². The second kappa shape index (κ2) is 5.99. The summed E-state index contributed by atoms with van der Waals surface area (Å²) in [6.45, 7) is 5.80. The monoisotopic (exact) mass is 311 g/mol. The zero-order valence-corrected chi connectivity index (χ0v) is 13.5. The summed E-state index contributed by atoms with van der Waals surface area (Å²) in [5, 5.41) is 0. The largest absolute Gasteiger partial charge is 0.347 e. The Bertz CT molecular complexity index is 752. The number of hydrogen-bond donors (Lipinski definition) is 0. The van der Waals surface area contributed by atoms with Crippen molar-refractivity contribution in [1.82, 2.24) is 14.5 Å². The number of nitrogens with zero attached hydrogens (tertiary/aromatic N) is 3. The van der Waals surface area contributed by atoms with Crippen molar-refractivity contribution in [2.75, 3.05) is 13.1 Å². The molecule has 1 saturated heterocycles. The zero-order valence-electron chi connectivity index (χ0n) is 13.5. The minimum absolute atomic E-state index is 0.0108. The normalized spacial score (nSPS) is 19.7. The van der Waals surface area contributed by atoms with Crippen LogP contribution in [0, 0.1) is 5.41 Å². The molecular weight excluding hydrogens is 290 g/mol. The van der Waals surface area contributed by atoms with Crippen molar-refractivity contribution in [3.8, 4) is 0 Å². The molecule has 1 atom stereocenters. The van der Waals surface area contributed by atoms with Crippen molar-refractivity contribution < 1.29 is 4.79 Å². The van der Waals surface area contributed by atoms with E-state index in [0.29, 0.717) is 19.0 Å². The predicted molar refractivity (Wildman–Crippen MR) is 88.0 cm³/mol. The van der Waals surface area contributed by atoms with Crippen LogP contribution < -0.4 is 5.69 Å². The lowest BCUT2D eigenvalue weighted by atomic mass is 9.78. The molecule has 0 aliphatic carbocycles. The number of rotatable bonds is 3. The fraction of sp³-hybridized carbons (Fsp3) is 0.389. The Morgan fingerprint density at radius 2 is 2.00 bits per heavy atom. The lowest BCUT2D eigenvalue weighted by Gasteiger charge is -2.25. The van der Waals surface area contributed by atoms with Gasteiger partial charge in [0.2, 0.25) is 5.91 Å². The second-order valence-electron chi connectivity index (χ2n) is 6.76. The summed E-state index contributed by atoms with van der Waals surface area (Å²) in [7, 11) is 0. The molecule has 120 valence electrons. The van der Waals surface area contributed by atoms with Crippen molar-refractivity contribution in [2.45, 2.75) is 26.3 Å². The molecule has 1 aromatic carbocycles. The number of carbonyl (C=O) groups is 1. The summed E-state index contributed by atoms with van der Waals surface area (Å²) in [6, 6.07) is 12.0. The standard InChI is InChI=1S/C18H21N3O2/c1-18(2)13-21(11-15(18)14-7-4-3-5-8-14)16(22)12-20-10-6-9-19-17(20)23/h3-10,15H,11-13H2,1-2H3/t15-/m0/s1. The highest BCUT2D eigenvalue weighted by molar-refractivity contribution is 5.76. The van der Waals surface area contributed by atoms with E-state index in [9.17, 15) is 9.59 Å². The topological polar surface area (TPSA) is 55.2 Å². The van der Waals surface area contributed by atoms with Gasteiger partial charge in [-0.1, -0.05) is 44.2 Å². The van der Waals surface area contributed by atoms with Gasteiger partial charge in [-0.15, -0.1) is 0 Å². The lowest BCUT2D eigenvalue weighted by Crippen LogP contribution is -2.36. The maximum Gasteiger partial charge on any atom is 0.347 e. The van der Waals surface area contributed by atoms with Gasteiger partial charge >= 0.3 is 5.69 Å². The van der Waals surface area contributed by atoms with Gasteiger partial charge in [-0.3, -0.25) is 9.36 Å². The molecule has 0 radical (unpaired) electrons. The Kier molecular flexibility index (Phi) is 4.03. The lowest BCUT2D eigenvalue weighted by molar-refractivity contribution is -0.131. The van der Waals surface area contributed by atoms with Crippen LogP contribution in [0.15, 0.2) is 53.6 Å². The van der Waals surface area contributed by atoms with Crippen molar-refractivity contribution >= 4 is 5.91 Å². The molecule has 0 bridgehead atoms. The first-order valence-electron chi connectivity index (χ1n) is 7.81. The Labute approximate surface area is 135 Å². The summed E-state index contributed by atoms with van der Waals surface area (Å²) in [5.41, 5.74) is 0.877. The highest BCUT2D eigenvalue weighted by Crippen LogP contribution is 2.42. The molecule has 23 heavy (non-hydrogen) atoms. The van der Waals surface area contributed by atoms with Gasteiger partial charge in [-0.05, 0) is 17.0 Å². The summed E-state index contributed by atoms with van der Waals surface area (Å²) in [4.78, 5) is 29.8. The Morgan fingerprint density at radius 3 is 2.70 bits per heavy atom. The SMILES string of the molecule is CC1(C)CN(C(=O)Cn2cccnc2=O)C[C@H]1c1ccccc1. The van der Waals surface area contributed by atoms with E-state index in [-0.39, 0.29) is 23.6 Å². The van der Waals surface area contributed by atoms with Crippen LogP contribution in [0.1, 0.15) is 25.3 Å². The first kappa shape index (κ1) is 15.5. The quantitative estimate of drug-likeness (QED) is 0.870. The average molecular weight is 311 g/mol. The fourth-order valence-electron chi connectivity index (χ4n) is 3.32. The molecule has 1 fully saturated rings. The highest BCUT2D eigenvalue weighted by atomic mass is 16.2. The molecule has 2 aromatic rings. The van der Waals surface area contributed by atoms with Crippen LogP contribution >= 0.6 is 0 Å². The summed E-state index contributed by atoms with van der Waals surface area (Å²) in [5.74, 6) is 0.268. The Hall–Kier alpha value is -2.43. The van der Waals surface area contributed by atoms with Gasteiger partial charge in [0.25, 0.3) is 0 Å². The molecule has 3 rings (SSSR count). The smallest absolute Gasteiger partial charge is 0.340 e. The first-order valence-corrected chi connectivity index (χ1v) is 7.81. The summed E-state index contributed by atoms with van der Waals surface area (Å²) in [6.07, 6.45) is 3.04. The Balaban J connectivity index is 1.76. The molecule has 0 saturated carbocycles. The third kappa shape index (κ3) is 3.18. The van der Waals surface area contributed by atoms with Crippen LogP contribution in [0.2, 0.25) is 0 Å². The van der Waals surface area contributed by atoms with Crippen molar-refractivity contribution in [1.29, 1.82) is 0 Å². The maximum atomic E-state index is 12.6. The van der Waals surface area contributed by atoms with Crippen LogP contribution in [-0.2, 0) is 11.3 Å². The number of aromatic nitrogens is 2. The molecule has 5 heteroatoms. The third-order valence-electron chi connectivity index (χ3n) is 4.59. The van der Waals surface area contributed by atoms with E-state index in [2.05, 4.69) is 31.0 Å². The molecule has 0 unspecified atom stereocenters. The van der Waals surface area contributed by atoms with Crippen LogP contribution in [0.3, 0.4) is 0 Å². The van der Waals surface area contributed by atoms with Crippen molar-refractivity contribution in [2.24, 2.45) is 5.41 Å². The fourth-order valence-corrected chi connectivity index (χ4v) is 3.32. The second-order valence-corrected chi connectivity index (χ2v) is 6.76. The molecule has 1 aromatic heterocycles. The van der Waals surface area contributed by atoms with E-state index >= 15 is 0 Å². The molecular formula is C18H21N3O2. The maximum absolute atomic E-state index is 12.6. The van der Waals surface area contributed by atoms with Gasteiger partial charge < -0.3 is 4.90 Å². The van der Waals surface area contributed by atoms with Gasteiger partial charge in [0.1, 0.15) is 6.54 Å². The van der Waals surface area contributed by atoms with Crippen molar-refractivity contribution in [3.05, 3.63) is 64.8 Å². The third-order valence-corrected chi connectivity index (χ3v) is 4.59. The molecule has 0 spiro atoms. The van der Waals surface area contributed by atoms with Gasteiger partial charge in [-0.2, -0.15) is 0 Å². The minimum Gasteiger partial charge on any atom is -0.340 e. The number of amides is 1. The molecule has 1 aliphatic heterocycles. The molecule has 5 nitrogen and oxygen atoms in total. The first-order chi connectivity index (χ1) is 11.0. The van der Waals surface area contributed by atoms with Crippen LogP contribution in [0.25, 0.3) is 0 Å². The van der Waals surface area contributed by atoms with E-state index in [1.54, 1.807) is 12.3 Å². The minimum atomic E-state index is -0.390. The highest BCUT2D eigenvalue weighted by Gasteiger charge is 2.41. The van der Waals surface area contributed by atoms with Gasteiger partial charge in [0.15, 0.2) is 0 Å². The number of hydrogen-bond acceptors (Lipinski definition) is 3.